The highest BCUT2D eigenvalue weighted by Gasteiger charge is 2.48. The fourth-order valence-corrected chi connectivity index (χ4v) is 4.73. The van der Waals surface area contributed by atoms with E-state index in [2.05, 4.69) is 15.5 Å². The van der Waals surface area contributed by atoms with E-state index in [0.29, 0.717) is 24.9 Å². The van der Waals surface area contributed by atoms with Crippen molar-refractivity contribution in [1.29, 1.82) is 0 Å². The SMILES string of the molecule is CC(C)(C)OC(=O)NC1CC(c2nnc([C@@H]3CC[C@H]4CN3C(=O)N4OCc3ccccc3)o2)C1. The van der Waals surface area contributed by atoms with E-state index in [-0.39, 0.29) is 30.1 Å². The van der Waals surface area contributed by atoms with Crippen LogP contribution in [0.15, 0.2) is 34.7 Å². The number of ether oxygens (including phenoxy) is 1. The normalized spacial score (nSPS) is 26.4. The van der Waals surface area contributed by atoms with Gasteiger partial charge in [0.2, 0.25) is 11.8 Å². The van der Waals surface area contributed by atoms with Crippen LogP contribution in [0.3, 0.4) is 0 Å². The minimum Gasteiger partial charge on any atom is -0.444 e. The number of urea groups is 1. The van der Waals surface area contributed by atoms with E-state index < -0.39 is 11.7 Å². The minimum atomic E-state index is -0.525. The second kappa shape index (κ2) is 8.90. The number of carbonyl (C=O) groups is 2. The van der Waals surface area contributed by atoms with E-state index in [9.17, 15) is 9.59 Å². The maximum atomic E-state index is 13.0. The molecule has 10 heteroatoms. The third-order valence-electron chi connectivity index (χ3n) is 6.49. The number of hydroxylamine groups is 2. The lowest BCUT2D eigenvalue weighted by molar-refractivity contribution is -0.140. The van der Waals surface area contributed by atoms with E-state index >= 15 is 0 Å². The van der Waals surface area contributed by atoms with Gasteiger partial charge in [-0.25, -0.2) is 9.59 Å². The summed E-state index contributed by atoms with van der Waals surface area (Å²) in [5.41, 5.74) is 0.493. The van der Waals surface area contributed by atoms with Gasteiger partial charge in [-0.3, -0.25) is 4.84 Å². The smallest absolute Gasteiger partial charge is 0.407 e. The quantitative estimate of drug-likeness (QED) is 0.683. The van der Waals surface area contributed by atoms with Crippen LogP contribution in [-0.2, 0) is 16.2 Å². The summed E-state index contributed by atoms with van der Waals surface area (Å²) in [6.45, 7) is 6.45. The van der Waals surface area contributed by atoms with Crippen molar-refractivity contribution in [1.82, 2.24) is 25.5 Å². The molecule has 0 spiro atoms. The number of amides is 3. The van der Waals surface area contributed by atoms with Gasteiger partial charge in [0.1, 0.15) is 18.2 Å². The van der Waals surface area contributed by atoms with Gasteiger partial charge in [0.25, 0.3) is 0 Å². The molecule has 0 radical (unpaired) electrons. The number of piperidine rings is 1. The molecular weight excluding hydrogens is 438 g/mol. The Morgan fingerprint density at radius 1 is 1.15 bits per heavy atom. The number of carbonyl (C=O) groups excluding carboxylic acids is 2. The number of hydrogen-bond donors (Lipinski definition) is 1. The molecule has 0 unspecified atom stereocenters. The molecule has 3 aliphatic rings. The summed E-state index contributed by atoms with van der Waals surface area (Å²) in [6.07, 6.45) is 2.58. The zero-order valence-electron chi connectivity index (χ0n) is 19.8. The minimum absolute atomic E-state index is 0.0288. The van der Waals surface area contributed by atoms with Crippen LogP contribution in [0.25, 0.3) is 0 Å². The molecule has 34 heavy (non-hydrogen) atoms. The van der Waals surface area contributed by atoms with E-state index in [4.69, 9.17) is 14.0 Å². The molecule has 10 nitrogen and oxygen atoms in total. The number of nitrogens with one attached hydrogen (secondary N) is 1. The fourth-order valence-electron chi connectivity index (χ4n) is 4.73. The Hall–Kier alpha value is -3.14. The lowest BCUT2D eigenvalue weighted by Gasteiger charge is -2.34. The van der Waals surface area contributed by atoms with Crippen LogP contribution >= 0.6 is 0 Å². The van der Waals surface area contributed by atoms with Crippen LogP contribution < -0.4 is 5.32 Å². The van der Waals surface area contributed by atoms with E-state index in [0.717, 1.165) is 31.2 Å². The topological polar surface area (TPSA) is 110 Å². The molecule has 5 rings (SSSR count). The maximum absolute atomic E-state index is 13.0. The average Bonchev–Trinajstić information content (AvgIpc) is 3.33. The predicted octanol–water partition coefficient (Wildman–Crippen LogP) is 3.91. The van der Waals surface area contributed by atoms with Gasteiger partial charge >= 0.3 is 12.1 Å². The van der Waals surface area contributed by atoms with Crippen LogP contribution in [-0.4, -0.2) is 56.5 Å². The lowest BCUT2D eigenvalue weighted by atomic mass is 9.80. The lowest BCUT2D eigenvalue weighted by Crippen LogP contribution is -2.45. The second-order valence-electron chi connectivity index (χ2n) is 10.3. The summed E-state index contributed by atoms with van der Waals surface area (Å²) in [6, 6.07) is 9.46. The Balaban J connectivity index is 1.15. The molecule has 1 aromatic heterocycles. The molecule has 1 aromatic carbocycles. The Morgan fingerprint density at radius 3 is 2.62 bits per heavy atom. The first kappa shape index (κ1) is 22.6. The predicted molar refractivity (Wildman–Crippen MR) is 120 cm³/mol. The molecule has 2 aromatic rings. The van der Waals surface area contributed by atoms with Crippen molar-refractivity contribution in [3.8, 4) is 0 Å². The van der Waals surface area contributed by atoms with E-state index in [1.807, 2.05) is 51.1 Å². The van der Waals surface area contributed by atoms with Crippen LogP contribution in [0.5, 0.6) is 0 Å². The Labute approximate surface area is 198 Å². The zero-order valence-corrected chi connectivity index (χ0v) is 19.8. The van der Waals surface area contributed by atoms with Crippen LogP contribution in [0.4, 0.5) is 9.59 Å². The molecule has 1 saturated carbocycles. The molecule has 1 aliphatic carbocycles. The van der Waals surface area contributed by atoms with Crippen LogP contribution in [0.2, 0.25) is 0 Å². The molecule has 3 amide bonds. The van der Waals surface area contributed by atoms with Crippen molar-refractivity contribution in [2.24, 2.45) is 0 Å². The number of nitrogens with zero attached hydrogens (tertiary/aromatic N) is 4. The number of rotatable bonds is 6. The summed E-state index contributed by atoms with van der Waals surface area (Å²) < 4.78 is 11.3. The van der Waals surface area contributed by atoms with Gasteiger partial charge in [-0.2, -0.15) is 5.06 Å². The first-order chi connectivity index (χ1) is 16.3. The van der Waals surface area contributed by atoms with E-state index in [1.165, 1.54) is 5.06 Å². The molecule has 2 bridgehead atoms. The summed E-state index contributed by atoms with van der Waals surface area (Å²) in [4.78, 5) is 32.6. The number of hydrogen-bond acceptors (Lipinski definition) is 7. The molecule has 2 atom stereocenters. The Bertz CT molecular complexity index is 1030. The third kappa shape index (κ3) is 4.72. The standard InChI is InChI=1S/C24H31N5O5/c1-24(2,3)34-22(30)25-17-11-16(12-17)20-26-27-21(33-20)19-10-9-18-13-28(19)23(31)29(18)32-14-15-7-5-4-6-8-15/h4-8,16-19H,9-14H2,1-3H3,(H,25,30)/t16?,17?,18-,19-/m0/s1. The van der Waals surface area contributed by atoms with Gasteiger partial charge in [0.05, 0.1) is 6.04 Å². The highest BCUT2D eigenvalue weighted by Crippen LogP contribution is 2.41. The highest BCUT2D eigenvalue weighted by atomic mass is 16.7. The van der Waals surface area contributed by atoms with Gasteiger partial charge in [0.15, 0.2) is 0 Å². The zero-order chi connectivity index (χ0) is 23.9. The van der Waals surface area contributed by atoms with Crippen LogP contribution in [0, 0.1) is 0 Å². The highest BCUT2D eigenvalue weighted by molar-refractivity contribution is 5.77. The monoisotopic (exact) mass is 469 g/mol. The third-order valence-corrected chi connectivity index (χ3v) is 6.49. The molecule has 3 fully saturated rings. The van der Waals surface area contributed by atoms with Crippen molar-refractivity contribution in [2.45, 2.75) is 82.7 Å². The van der Waals surface area contributed by atoms with Crippen molar-refractivity contribution in [3.63, 3.8) is 0 Å². The number of fused-ring (bicyclic) bond motifs is 2. The van der Waals surface area contributed by atoms with Gasteiger partial charge < -0.3 is 19.4 Å². The van der Waals surface area contributed by atoms with Crippen molar-refractivity contribution >= 4 is 12.1 Å². The van der Waals surface area contributed by atoms with Crippen molar-refractivity contribution < 1.29 is 23.6 Å². The fraction of sp³-hybridized carbons (Fsp3) is 0.583. The first-order valence-corrected chi connectivity index (χ1v) is 11.9. The number of aromatic nitrogens is 2. The molecular formula is C24H31N5O5. The Morgan fingerprint density at radius 2 is 1.88 bits per heavy atom. The van der Waals surface area contributed by atoms with Crippen LogP contribution in [0.1, 0.15) is 75.8 Å². The maximum Gasteiger partial charge on any atom is 0.407 e. The molecule has 3 heterocycles. The number of alkyl carbamates (subject to hydrolysis) is 1. The molecule has 1 N–H and O–H groups in total. The molecule has 182 valence electrons. The average molecular weight is 470 g/mol. The summed E-state index contributed by atoms with van der Waals surface area (Å²) >= 11 is 0. The van der Waals surface area contributed by atoms with Crippen molar-refractivity contribution in [3.05, 3.63) is 47.7 Å². The Kier molecular flexibility index (Phi) is 5.93. The van der Waals surface area contributed by atoms with Gasteiger partial charge in [-0.05, 0) is 52.0 Å². The largest absolute Gasteiger partial charge is 0.444 e. The van der Waals surface area contributed by atoms with E-state index in [1.54, 1.807) is 4.90 Å². The summed E-state index contributed by atoms with van der Waals surface area (Å²) in [7, 11) is 0. The van der Waals surface area contributed by atoms with Gasteiger partial charge in [-0.1, -0.05) is 30.3 Å². The molecule has 2 saturated heterocycles. The first-order valence-electron chi connectivity index (χ1n) is 11.9. The second-order valence-corrected chi connectivity index (χ2v) is 10.3. The van der Waals surface area contributed by atoms with Gasteiger partial charge in [-0.15, -0.1) is 10.2 Å². The summed E-state index contributed by atoms with van der Waals surface area (Å²) in [5, 5.41) is 12.9. The van der Waals surface area contributed by atoms with Gasteiger partial charge in [0, 0.05) is 18.5 Å². The number of benzene rings is 1. The summed E-state index contributed by atoms with van der Waals surface area (Å²) in [5.74, 6) is 1.12. The molecule has 2 aliphatic heterocycles. The van der Waals surface area contributed by atoms with Crippen molar-refractivity contribution in [2.75, 3.05) is 6.54 Å².